The fourth-order valence-electron chi connectivity index (χ4n) is 1.70. The van der Waals surface area contributed by atoms with Gasteiger partial charge in [-0.05, 0) is 26.0 Å². The number of nitrogens with one attached hydrogen (secondary N) is 1. The number of rotatable bonds is 3. The van der Waals surface area contributed by atoms with Crippen LogP contribution in [-0.4, -0.2) is 35.2 Å². The molecule has 0 aliphatic carbocycles. The summed E-state index contributed by atoms with van der Waals surface area (Å²) in [6, 6.07) is 4.01. The molecule has 2 N–H and O–H groups in total. The van der Waals surface area contributed by atoms with Gasteiger partial charge < -0.3 is 15.3 Å². The molecule has 0 saturated heterocycles. The molecule has 1 rings (SSSR count). The summed E-state index contributed by atoms with van der Waals surface area (Å²) in [5.74, 6) is 0. The lowest BCUT2D eigenvalue weighted by molar-refractivity contribution is -0.136. The quantitative estimate of drug-likeness (QED) is 0.899. The molecule has 0 atom stereocenters. The molecule has 20 heavy (non-hydrogen) atoms. The third-order valence-electron chi connectivity index (χ3n) is 2.44. The molecule has 0 saturated carbocycles. The Morgan fingerprint density at radius 2 is 1.85 bits per heavy atom. The molecule has 0 fully saturated rings. The summed E-state index contributed by atoms with van der Waals surface area (Å²) in [6.07, 6.45) is -4.54. The van der Waals surface area contributed by atoms with Crippen molar-refractivity contribution in [3.05, 3.63) is 29.8 Å². The van der Waals surface area contributed by atoms with Gasteiger partial charge in [0, 0.05) is 7.05 Å². The van der Waals surface area contributed by atoms with Gasteiger partial charge in [-0.3, -0.25) is 0 Å². The molecular formula is C13H17F3N2O2. The lowest BCUT2D eigenvalue weighted by Crippen LogP contribution is -2.41. The molecule has 0 aliphatic rings. The second-order valence-electron chi connectivity index (χ2n) is 5.14. The Morgan fingerprint density at radius 3 is 2.35 bits per heavy atom. The average Bonchev–Trinajstić information content (AvgIpc) is 2.25. The fraction of sp³-hybridized carbons (Fsp3) is 0.462. The van der Waals surface area contributed by atoms with Crippen LogP contribution < -0.4 is 5.32 Å². The molecule has 1 aromatic rings. The molecular weight excluding hydrogens is 273 g/mol. The van der Waals surface area contributed by atoms with Gasteiger partial charge in [-0.15, -0.1) is 0 Å². The van der Waals surface area contributed by atoms with Crippen molar-refractivity contribution in [3.63, 3.8) is 0 Å². The molecule has 7 heteroatoms. The Hall–Kier alpha value is -1.76. The minimum absolute atomic E-state index is 0.00693. The van der Waals surface area contributed by atoms with Crippen LogP contribution in [0.2, 0.25) is 0 Å². The van der Waals surface area contributed by atoms with Gasteiger partial charge in [0.2, 0.25) is 0 Å². The highest BCUT2D eigenvalue weighted by molar-refractivity contribution is 5.90. The Morgan fingerprint density at radius 1 is 1.30 bits per heavy atom. The topological polar surface area (TPSA) is 52.6 Å². The van der Waals surface area contributed by atoms with Gasteiger partial charge in [-0.25, -0.2) is 4.79 Å². The predicted molar refractivity (Wildman–Crippen MR) is 69.4 cm³/mol. The molecule has 0 bridgehead atoms. The van der Waals surface area contributed by atoms with E-state index in [2.05, 4.69) is 5.32 Å². The van der Waals surface area contributed by atoms with Crippen molar-refractivity contribution >= 4 is 11.7 Å². The van der Waals surface area contributed by atoms with E-state index < -0.39 is 23.4 Å². The van der Waals surface area contributed by atoms with Crippen LogP contribution in [0.1, 0.15) is 19.4 Å². The Balaban J connectivity index is 2.87. The van der Waals surface area contributed by atoms with Gasteiger partial charge in [0.1, 0.15) is 0 Å². The molecule has 4 nitrogen and oxygen atoms in total. The van der Waals surface area contributed by atoms with E-state index in [0.29, 0.717) is 0 Å². The molecule has 0 radical (unpaired) electrons. The maximum Gasteiger partial charge on any atom is 0.418 e. The molecule has 112 valence electrons. The number of benzene rings is 1. The Bertz CT molecular complexity index is 481. The predicted octanol–water partition coefficient (Wildman–Crippen LogP) is 2.94. The van der Waals surface area contributed by atoms with Crippen LogP contribution in [0.15, 0.2) is 24.3 Å². The highest BCUT2D eigenvalue weighted by atomic mass is 19.4. The third-order valence-corrected chi connectivity index (χ3v) is 2.44. The molecule has 1 aromatic carbocycles. The van der Waals surface area contributed by atoms with Gasteiger partial charge in [-0.2, -0.15) is 13.2 Å². The first kappa shape index (κ1) is 16.3. The number of alkyl halides is 3. The molecule has 0 unspecified atom stereocenters. The zero-order valence-corrected chi connectivity index (χ0v) is 11.5. The van der Waals surface area contributed by atoms with E-state index in [1.54, 1.807) is 0 Å². The van der Waals surface area contributed by atoms with Crippen molar-refractivity contribution in [3.8, 4) is 0 Å². The third kappa shape index (κ3) is 4.73. The number of anilines is 1. The van der Waals surface area contributed by atoms with Crippen LogP contribution >= 0.6 is 0 Å². The van der Waals surface area contributed by atoms with Crippen molar-refractivity contribution in [2.45, 2.75) is 25.6 Å². The molecule has 2 amide bonds. The highest BCUT2D eigenvalue weighted by Gasteiger charge is 2.33. The van der Waals surface area contributed by atoms with Gasteiger partial charge in [0.15, 0.2) is 0 Å². The van der Waals surface area contributed by atoms with E-state index in [4.69, 9.17) is 0 Å². The highest BCUT2D eigenvalue weighted by Crippen LogP contribution is 2.34. The number of nitrogens with zero attached hydrogens (tertiary/aromatic N) is 1. The lowest BCUT2D eigenvalue weighted by atomic mass is 10.1. The minimum atomic E-state index is -4.54. The van der Waals surface area contributed by atoms with Crippen molar-refractivity contribution in [2.24, 2.45) is 0 Å². The van der Waals surface area contributed by atoms with Crippen LogP contribution in [0.25, 0.3) is 0 Å². The molecule has 0 aliphatic heterocycles. The standard InChI is InChI=1S/C13H17F3N2O2/c1-12(2,20)8-18(3)11(19)17-10-7-5-4-6-9(10)13(14,15)16/h4-7,20H,8H2,1-3H3,(H,17,19). The number of amides is 2. The van der Waals surface area contributed by atoms with Gasteiger partial charge >= 0.3 is 12.2 Å². The van der Waals surface area contributed by atoms with E-state index in [0.717, 1.165) is 11.0 Å². The number of carbonyl (C=O) groups excluding carboxylic acids is 1. The first-order valence-electron chi connectivity index (χ1n) is 5.91. The minimum Gasteiger partial charge on any atom is -0.389 e. The fourth-order valence-corrected chi connectivity index (χ4v) is 1.70. The van der Waals surface area contributed by atoms with E-state index in [-0.39, 0.29) is 12.2 Å². The summed E-state index contributed by atoms with van der Waals surface area (Å²) in [5, 5.41) is 11.8. The summed E-state index contributed by atoms with van der Waals surface area (Å²) >= 11 is 0. The Labute approximate surface area is 115 Å². The molecule has 0 spiro atoms. The summed E-state index contributed by atoms with van der Waals surface area (Å²) in [7, 11) is 1.39. The normalized spacial score (nSPS) is 12.2. The summed E-state index contributed by atoms with van der Waals surface area (Å²) < 4.78 is 38.3. The van der Waals surface area contributed by atoms with Crippen LogP contribution in [-0.2, 0) is 6.18 Å². The number of hydrogen-bond acceptors (Lipinski definition) is 2. The number of urea groups is 1. The second kappa shape index (κ2) is 5.70. The van der Waals surface area contributed by atoms with Crippen LogP contribution in [0, 0.1) is 0 Å². The Kier molecular flexibility index (Phi) is 4.65. The van der Waals surface area contributed by atoms with E-state index in [1.807, 2.05) is 0 Å². The van der Waals surface area contributed by atoms with Crippen molar-refractivity contribution in [1.82, 2.24) is 4.90 Å². The zero-order chi connectivity index (χ0) is 15.6. The number of aliphatic hydroxyl groups is 1. The SMILES string of the molecule is CN(CC(C)(C)O)C(=O)Nc1ccccc1C(F)(F)F. The summed E-state index contributed by atoms with van der Waals surface area (Å²) in [6.45, 7) is 2.99. The maximum absolute atomic E-state index is 12.8. The van der Waals surface area contributed by atoms with Gasteiger partial charge in [0.25, 0.3) is 0 Å². The van der Waals surface area contributed by atoms with Crippen LogP contribution in [0.3, 0.4) is 0 Å². The second-order valence-corrected chi connectivity index (χ2v) is 5.14. The monoisotopic (exact) mass is 290 g/mol. The van der Waals surface area contributed by atoms with E-state index in [9.17, 15) is 23.1 Å². The van der Waals surface area contributed by atoms with Gasteiger partial charge in [-0.1, -0.05) is 12.1 Å². The van der Waals surface area contributed by atoms with Crippen LogP contribution in [0.4, 0.5) is 23.7 Å². The van der Waals surface area contributed by atoms with Crippen molar-refractivity contribution in [1.29, 1.82) is 0 Å². The average molecular weight is 290 g/mol. The number of carbonyl (C=O) groups is 1. The first-order valence-corrected chi connectivity index (χ1v) is 5.91. The largest absolute Gasteiger partial charge is 0.418 e. The first-order chi connectivity index (χ1) is 9.00. The van der Waals surface area contributed by atoms with Gasteiger partial charge in [0.05, 0.1) is 23.4 Å². The summed E-state index contributed by atoms with van der Waals surface area (Å²) in [4.78, 5) is 12.9. The number of likely N-dealkylation sites (N-methyl/N-ethyl adjacent to an activating group) is 1. The number of halogens is 3. The van der Waals surface area contributed by atoms with E-state index in [1.165, 1.54) is 39.1 Å². The van der Waals surface area contributed by atoms with E-state index >= 15 is 0 Å². The van der Waals surface area contributed by atoms with Crippen molar-refractivity contribution in [2.75, 3.05) is 18.9 Å². The smallest absolute Gasteiger partial charge is 0.389 e. The number of hydrogen-bond donors (Lipinski definition) is 2. The summed E-state index contributed by atoms with van der Waals surface area (Å²) in [5.41, 5.74) is -2.35. The van der Waals surface area contributed by atoms with Crippen LogP contribution in [0.5, 0.6) is 0 Å². The molecule has 0 heterocycles. The molecule has 0 aromatic heterocycles. The lowest BCUT2D eigenvalue weighted by Gasteiger charge is -2.26. The zero-order valence-electron chi connectivity index (χ0n) is 11.5. The van der Waals surface area contributed by atoms with Crippen molar-refractivity contribution < 1.29 is 23.1 Å². The maximum atomic E-state index is 12.8. The number of para-hydroxylation sites is 1.